The Bertz CT molecular complexity index is 465. The summed E-state index contributed by atoms with van der Waals surface area (Å²) in [4.78, 5) is 0. The third kappa shape index (κ3) is 3.63. The third-order valence-electron chi connectivity index (χ3n) is 3.84. The quantitative estimate of drug-likeness (QED) is 0.822. The van der Waals surface area contributed by atoms with E-state index in [0.29, 0.717) is 5.92 Å². The lowest BCUT2D eigenvalue weighted by Crippen LogP contribution is -2.15. The van der Waals surface area contributed by atoms with Crippen LogP contribution in [0.1, 0.15) is 31.4 Å². The molecule has 0 amide bonds. The summed E-state index contributed by atoms with van der Waals surface area (Å²) < 4.78 is 37.6. The average molecular weight is 283 g/mol. The van der Waals surface area contributed by atoms with Crippen LogP contribution in [0.15, 0.2) is 36.4 Å². The van der Waals surface area contributed by atoms with Gasteiger partial charge in [-0.3, -0.25) is 0 Å². The van der Waals surface area contributed by atoms with Gasteiger partial charge in [-0.2, -0.15) is 13.2 Å². The number of benzene rings is 1. The Labute approximate surface area is 117 Å². The van der Waals surface area contributed by atoms with Gasteiger partial charge in [-0.05, 0) is 36.6 Å². The molecule has 1 aromatic carbocycles. The summed E-state index contributed by atoms with van der Waals surface area (Å²) in [5.41, 5.74) is 0.0425. The Morgan fingerprint density at radius 1 is 1.10 bits per heavy atom. The van der Waals surface area contributed by atoms with E-state index in [4.69, 9.17) is 0 Å². The normalized spacial score (nSPS) is 20.8. The molecule has 2 rings (SSSR count). The summed E-state index contributed by atoms with van der Waals surface area (Å²) in [6.45, 7) is 6.07. The number of hydrogen-bond donors (Lipinski definition) is 1. The van der Waals surface area contributed by atoms with Crippen LogP contribution in [-0.2, 0) is 11.6 Å². The van der Waals surface area contributed by atoms with E-state index in [1.807, 2.05) is 13.8 Å². The molecule has 0 radical (unpaired) electrons. The highest BCUT2D eigenvalue weighted by Gasteiger charge is 2.30. The molecule has 1 heterocycles. The molecule has 4 heteroatoms. The van der Waals surface area contributed by atoms with Gasteiger partial charge in [0.15, 0.2) is 0 Å². The summed E-state index contributed by atoms with van der Waals surface area (Å²) in [7, 11) is 0. The lowest BCUT2D eigenvalue weighted by molar-refractivity contribution is -0.137. The van der Waals surface area contributed by atoms with Crippen LogP contribution in [0.2, 0.25) is 0 Å². The van der Waals surface area contributed by atoms with Crippen LogP contribution >= 0.6 is 0 Å². The van der Waals surface area contributed by atoms with E-state index >= 15 is 0 Å². The first-order valence-corrected chi connectivity index (χ1v) is 6.87. The van der Waals surface area contributed by atoms with Gasteiger partial charge >= 0.3 is 6.18 Å². The summed E-state index contributed by atoms with van der Waals surface area (Å²) in [5, 5.41) is 3.30. The number of hydrogen-bond acceptors (Lipinski definition) is 1. The molecule has 1 N–H and O–H groups in total. The maximum atomic E-state index is 12.5. The van der Waals surface area contributed by atoms with Crippen LogP contribution in [0.4, 0.5) is 13.2 Å². The minimum atomic E-state index is -4.27. The smallest absolute Gasteiger partial charge is 0.316 e. The minimum absolute atomic E-state index is 0.257. The fourth-order valence-electron chi connectivity index (χ4n) is 2.40. The fraction of sp³-hybridized carbons (Fsp3) is 0.500. The van der Waals surface area contributed by atoms with Crippen molar-refractivity contribution in [3.05, 3.63) is 47.5 Å². The van der Waals surface area contributed by atoms with Crippen molar-refractivity contribution in [3.8, 4) is 0 Å². The molecule has 1 unspecified atom stereocenters. The second kappa shape index (κ2) is 5.60. The molecule has 1 aromatic rings. The van der Waals surface area contributed by atoms with Gasteiger partial charge in [0, 0.05) is 12.0 Å². The van der Waals surface area contributed by atoms with Crippen molar-refractivity contribution >= 4 is 0 Å². The number of alkyl halides is 3. The van der Waals surface area contributed by atoms with Gasteiger partial charge in [-0.25, -0.2) is 0 Å². The Morgan fingerprint density at radius 2 is 1.70 bits per heavy atom. The Balaban J connectivity index is 2.12. The van der Waals surface area contributed by atoms with Crippen molar-refractivity contribution in [1.82, 2.24) is 5.32 Å². The fourth-order valence-corrected chi connectivity index (χ4v) is 2.40. The number of halogens is 3. The van der Waals surface area contributed by atoms with Gasteiger partial charge < -0.3 is 5.32 Å². The van der Waals surface area contributed by atoms with Gasteiger partial charge in [-0.15, -0.1) is 0 Å². The van der Waals surface area contributed by atoms with E-state index in [0.717, 1.165) is 37.2 Å². The van der Waals surface area contributed by atoms with Crippen LogP contribution in [0, 0.1) is 5.92 Å². The molecule has 1 aliphatic rings. The molecule has 1 fully saturated rings. The molecule has 1 saturated heterocycles. The van der Waals surface area contributed by atoms with Gasteiger partial charge in [0.2, 0.25) is 0 Å². The Morgan fingerprint density at radius 3 is 2.20 bits per heavy atom. The predicted molar refractivity (Wildman–Crippen MR) is 74.6 cm³/mol. The first-order valence-electron chi connectivity index (χ1n) is 6.87. The Kier molecular flexibility index (Phi) is 4.23. The molecular weight excluding hydrogens is 263 g/mol. The molecule has 1 nitrogen and oxygen atoms in total. The average Bonchev–Trinajstić information content (AvgIpc) is 2.89. The van der Waals surface area contributed by atoms with E-state index in [-0.39, 0.29) is 5.41 Å². The largest absolute Gasteiger partial charge is 0.416 e. The number of nitrogens with one attached hydrogen (secondary N) is 1. The summed E-state index contributed by atoms with van der Waals surface area (Å²) in [5.74, 6) is 0.531. The van der Waals surface area contributed by atoms with Crippen molar-refractivity contribution in [2.75, 3.05) is 13.1 Å². The second-order valence-corrected chi connectivity index (χ2v) is 5.91. The first-order chi connectivity index (χ1) is 9.29. The molecule has 110 valence electrons. The van der Waals surface area contributed by atoms with Gasteiger partial charge in [0.1, 0.15) is 0 Å². The summed E-state index contributed by atoms with van der Waals surface area (Å²) in [6, 6.07) is 5.45. The lowest BCUT2D eigenvalue weighted by Gasteiger charge is -2.22. The zero-order valence-electron chi connectivity index (χ0n) is 11.8. The molecule has 0 aromatic heterocycles. The first kappa shape index (κ1) is 15.1. The van der Waals surface area contributed by atoms with Gasteiger partial charge in [0.25, 0.3) is 0 Å². The van der Waals surface area contributed by atoms with Crippen LogP contribution in [0.25, 0.3) is 0 Å². The minimum Gasteiger partial charge on any atom is -0.316 e. The molecule has 0 spiro atoms. The topological polar surface area (TPSA) is 12.0 Å². The zero-order chi connectivity index (χ0) is 14.8. The van der Waals surface area contributed by atoms with E-state index in [2.05, 4.69) is 17.5 Å². The highest BCUT2D eigenvalue weighted by Crippen LogP contribution is 2.32. The maximum absolute atomic E-state index is 12.5. The molecule has 20 heavy (non-hydrogen) atoms. The van der Waals surface area contributed by atoms with E-state index < -0.39 is 11.7 Å². The van der Waals surface area contributed by atoms with Crippen molar-refractivity contribution in [1.29, 1.82) is 0 Å². The third-order valence-corrected chi connectivity index (χ3v) is 3.84. The summed E-state index contributed by atoms with van der Waals surface area (Å²) in [6.07, 6.45) is 1.14. The summed E-state index contributed by atoms with van der Waals surface area (Å²) >= 11 is 0. The molecular formula is C16H20F3N. The molecule has 0 bridgehead atoms. The van der Waals surface area contributed by atoms with Crippen LogP contribution in [0.5, 0.6) is 0 Å². The second-order valence-electron chi connectivity index (χ2n) is 5.91. The standard InChI is InChI=1S/C16H20F3N/c1-15(2,9-7-12-8-10-20-11-12)13-3-5-14(6-4-13)16(17,18)19/h3-7,9,12,20H,8,10-11H2,1-2H3. The molecule has 1 atom stereocenters. The monoisotopic (exact) mass is 283 g/mol. The van der Waals surface area contributed by atoms with Gasteiger partial charge in [0.05, 0.1) is 5.56 Å². The van der Waals surface area contributed by atoms with Crippen LogP contribution in [-0.4, -0.2) is 13.1 Å². The Hall–Kier alpha value is -1.29. The van der Waals surface area contributed by atoms with Crippen molar-refractivity contribution < 1.29 is 13.2 Å². The SMILES string of the molecule is CC(C)(C=CC1CCNC1)c1ccc(C(F)(F)F)cc1. The zero-order valence-corrected chi connectivity index (χ0v) is 11.8. The van der Waals surface area contributed by atoms with Crippen LogP contribution in [0.3, 0.4) is 0 Å². The van der Waals surface area contributed by atoms with Gasteiger partial charge in [-0.1, -0.05) is 38.1 Å². The molecule has 0 aliphatic carbocycles. The van der Waals surface area contributed by atoms with E-state index in [1.54, 1.807) is 12.1 Å². The van der Waals surface area contributed by atoms with E-state index in [1.165, 1.54) is 0 Å². The molecule has 0 saturated carbocycles. The van der Waals surface area contributed by atoms with Crippen LogP contribution < -0.4 is 5.32 Å². The number of allylic oxidation sites excluding steroid dienone is 1. The van der Waals surface area contributed by atoms with Crippen molar-refractivity contribution in [2.45, 2.75) is 31.9 Å². The predicted octanol–water partition coefficient (Wildman–Crippen LogP) is 4.15. The molecule has 1 aliphatic heterocycles. The van der Waals surface area contributed by atoms with Crippen molar-refractivity contribution in [2.24, 2.45) is 5.92 Å². The van der Waals surface area contributed by atoms with E-state index in [9.17, 15) is 13.2 Å². The number of rotatable bonds is 3. The van der Waals surface area contributed by atoms with Crippen molar-refractivity contribution in [3.63, 3.8) is 0 Å². The maximum Gasteiger partial charge on any atom is 0.416 e. The lowest BCUT2D eigenvalue weighted by atomic mass is 9.83. The highest BCUT2D eigenvalue weighted by atomic mass is 19.4. The highest BCUT2D eigenvalue weighted by molar-refractivity contribution is 5.33.